The molecule has 4 rings (SSSR count). The molecule has 2 aromatic heterocycles. The number of carbonyl (C=O) groups is 2. The number of hydrogen-bond donors (Lipinski definition) is 2. The Labute approximate surface area is 144 Å². The molecular formula is C17H10FN3O3S. The summed E-state index contributed by atoms with van der Waals surface area (Å²) in [6.45, 7) is 0. The van der Waals surface area contributed by atoms with Crippen molar-refractivity contribution in [2.75, 3.05) is 5.73 Å². The number of nitrogens with two attached hydrogens (primary N) is 1. The van der Waals surface area contributed by atoms with E-state index in [-0.39, 0.29) is 10.6 Å². The Balaban J connectivity index is 1.81. The molecule has 8 heteroatoms. The number of fused-ring (bicyclic) bond motifs is 1. The van der Waals surface area contributed by atoms with Crippen molar-refractivity contribution in [3.8, 4) is 11.1 Å². The van der Waals surface area contributed by atoms with E-state index in [4.69, 9.17) is 10.2 Å². The maximum Gasteiger partial charge on any atom is 0.290 e. The summed E-state index contributed by atoms with van der Waals surface area (Å²) in [7, 11) is 0. The Kier molecular flexibility index (Phi) is 3.54. The van der Waals surface area contributed by atoms with Crippen molar-refractivity contribution in [1.29, 1.82) is 0 Å². The largest absolute Gasteiger partial charge is 0.456 e. The van der Waals surface area contributed by atoms with Crippen LogP contribution in [0.3, 0.4) is 0 Å². The summed E-state index contributed by atoms with van der Waals surface area (Å²) in [4.78, 5) is 27.2. The number of carbonyl (C=O) groups excluding carboxylic acids is 2. The van der Waals surface area contributed by atoms with Gasteiger partial charge in [0.15, 0.2) is 0 Å². The van der Waals surface area contributed by atoms with Gasteiger partial charge in [0.1, 0.15) is 17.2 Å². The Morgan fingerprint density at radius 3 is 2.80 bits per heavy atom. The number of amides is 2. The minimum atomic E-state index is -0.527. The molecule has 1 aromatic carbocycles. The van der Waals surface area contributed by atoms with Crippen LogP contribution in [0, 0.1) is 5.82 Å². The van der Waals surface area contributed by atoms with Gasteiger partial charge in [-0.05, 0) is 35.5 Å². The lowest BCUT2D eigenvalue weighted by Gasteiger charge is -2.03. The van der Waals surface area contributed by atoms with Gasteiger partial charge >= 0.3 is 0 Å². The predicted octanol–water partition coefficient (Wildman–Crippen LogP) is 3.54. The van der Waals surface area contributed by atoms with Crippen LogP contribution < -0.4 is 11.1 Å². The van der Waals surface area contributed by atoms with Crippen LogP contribution >= 0.6 is 11.8 Å². The van der Waals surface area contributed by atoms with Crippen molar-refractivity contribution in [2.45, 2.75) is 0 Å². The third kappa shape index (κ3) is 2.76. The summed E-state index contributed by atoms with van der Waals surface area (Å²) in [6, 6.07) is 6.16. The SMILES string of the molecule is Nc1ccc(-c2cncc3cc(/C=C4\SC(=O)NC4=O)oc23)cc1F. The van der Waals surface area contributed by atoms with Crippen LogP contribution in [-0.2, 0) is 4.79 Å². The zero-order valence-electron chi connectivity index (χ0n) is 12.6. The van der Waals surface area contributed by atoms with Crippen LogP contribution in [-0.4, -0.2) is 16.1 Å². The van der Waals surface area contributed by atoms with Crippen molar-refractivity contribution in [2.24, 2.45) is 0 Å². The van der Waals surface area contributed by atoms with E-state index in [1.807, 2.05) is 0 Å². The molecule has 2 amide bonds. The van der Waals surface area contributed by atoms with Crippen LogP contribution in [0.25, 0.3) is 28.2 Å². The minimum absolute atomic E-state index is 0.0580. The third-order valence-electron chi connectivity index (χ3n) is 3.67. The number of nitrogens with one attached hydrogen (secondary N) is 1. The van der Waals surface area contributed by atoms with Gasteiger partial charge < -0.3 is 10.2 Å². The number of imide groups is 1. The van der Waals surface area contributed by atoms with E-state index in [1.165, 1.54) is 18.2 Å². The van der Waals surface area contributed by atoms with Gasteiger partial charge in [0.25, 0.3) is 11.1 Å². The fourth-order valence-electron chi connectivity index (χ4n) is 2.50. The number of pyridine rings is 1. The van der Waals surface area contributed by atoms with Crippen LogP contribution in [0.2, 0.25) is 0 Å². The van der Waals surface area contributed by atoms with Crippen LogP contribution in [0.5, 0.6) is 0 Å². The standard InChI is InChI=1S/C17H10FN3O3S/c18-12-4-8(1-2-13(12)19)11-7-20-6-9-3-10(24-15(9)11)5-14-16(22)21-17(23)25-14/h1-7H,19H2,(H,21,22,23)/b14-5-. The van der Waals surface area contributed by atoms with Crippen LogP contribution in [0.15, 0.2) is 46.0 Å². The molecule has 3 aromatic rings. The second kappa shape index (κ2) is 5.75. The Hall–Kier alpha value is -3.13. The molecule has 25 heavy (non-hydrogen) atoms. The van der Waals surface area contributed by atoms with Gasteiger partial charge in [-0.1, -0.05) is 6.07 Å². The van der Waals surface area contributed by atoms with Crippen LogP contribution in [0.1, 0.15) is 5.76 Å². The highest BCUT2D eigenvalue weighted by molar-refractivity contribution is 8.18. The van der Waals surface area contributed by atoms with Crippen molar-refractivity contribution in [3.05, 3.63) is 53.1 Å². The quantitative estimate of drug-likeness (QED) is 0.539. The number of benzene rings is 1. The number of nitrogens with zero attached hydrogens (tertiary/aromatic N) is 1. The number of furan rings is 1. The lowest BCUT2D eigenvalue weighted by atomic mass is 10.1. The number of thioether (sulfide) groups is 1. The van der Waals surface area contributed by atoms with Gasteiger partial charge in [-0.15, -0.1) is 0 Å². The van der Waals surface area contributed by atoms with Gasteiger partial charge in [0, 0.05) is 29.4 Å². The number of rotatable bonds is 2. The Morgan fingerprint density at radius 2 is 2.08 bits per heavy atom. The van der Waals surface area contributed by atoms with E-state index in [0.717, 1.165) is 11.8 Å². The lowest BCUT2D eigenvalue weighted by molar-refractivity contribution is -0.115. The van der Waals surface area contributed by atoms with E-state index in [2.05, 4.69) is 10.3 Å². The second-order valence-corrected chi connectivity index (χ2v) is 6.36. The zero-order valence-corrected chi connectivity index (χ0v) is 13.4. The summed E-state index contributed by atoms with van der Waals surface area (Å²) in [5.74, 6) is -0.595. The summed E-state index contributed by atoms with van der Waals surface area (Å²) >= 11 is 0.805. The lowest BCUT2D eigenvalue weighted by Crippen LogP contribution is -2.17. The Bertz CT molecular complexity index is 1070. The van der Waals surface area contributed by atoms with Crippen molar-refractivity contribution < 1.29 is 18.4 Å². The smallest absolute Gasteiger partial charge is 0.290 e. The first kappa shape index (κ1) is 15.4. The molecule has 0 bridgehead atoms. The molecule has 0 saturated carbocycles. The highest BCUT2D eigenvalue weighted by Gasteiger charge is 2.25. The monoisotopic (exact) mass is 355 g/mol. The fraction of sp³-hybridized carbons (Fsp3) is 0. The number of aromatic nitrogens is 1. The molecule has 0 aliphatic carbocycles. The number of hydrogen-bond acceptors (Lipinski definition) is 6. The van der Waals surface area contributed by atoms with Gasteiger partial charge in [-0.2, -0.15) is 0 Å². The molecule has 6 nitrogen and oxygen atoms in total. The maximum atomic E-state index is 13.8. The summed E-state index contributed by atoms with van der Waals surface area (Å²) in [6.07, 6.45) is 4.65. The van der Waals surface area contributed by atoms with Crippen molar-refractivity contribution >= 4 is 45.6 Å². The van der Waals surface area contributed by atoms with Gasteiger partial charge in [0.05, 0.1) is 10.6 Å². The first-order valence-corrected chi connectivity index (χ1v) is 8.01. The number of nitrogen functional groups attached to an aromatic ring is 1. The van der Waals surface area contributed by atoms with E-state index in [0.29, 0.717) is 27.9 Å². The Morgan fingerprint density at radius 1 is 1.24 bits per heavy atom. The van der Waals surface area contributed by atoms with Crippen molar-refractivity contribution in [3.63, 3.8) is 0 Å². The normalized spacial score (nSPS) is 16.0. The van der Waals surface area contributed by atoms with E-state index >= 15 is 0 Å². The molecule has 0 radical (unpaired) electrons. The zero-order chi connectivity index (χ0) is 17.6. The van der Waals surface area contributed by atoms with E-state index in [1.54, 1.807) is 24.5 Å². The molecular weight excluding hydrogens is 345 g/mol. The summed E-state index contributed by atoms with van der Waals surface area (Å²) in [5.41, 5.74) is 7.24. The highest BCUT2D eigenvalue weighted by Crippen LogP contribution is 2.33. The molecule has 3 heterocycles. The van der Waals surface area contributed by atoms with Gasteiger partial charge in [-0.3, -0.25) is 19.9 Å². The molecule has 124 valence electrons. The highest BCUT2D eigenvalue weighted by atomic mass is 32.2. The molecule has 1 fully saturated rings. The number of anilines is 1. The van der Waals surface area contributed by atoms with Gasteiger partial charge in [-0.25, -0.2) is 4.39 Å². The first-order chi connectivity index (χ1) is 12.0. The summed E-state index contributed by atoms with van der Waals surface area (Å²) in [5, 5.41) is 2.45. The average molecular weight is 355 g/mol. The van der Waals surface area contributed by atoms with Crippen molar-refractivity contribution in [1.82, 2.24) is 10.3 Å². The number of halogens is 1. The fourth-order valence-corrected chi connectivity index (χ4v) is 3.17. The van der Waals surface area contributed by atoms with Gasteiger partial charge in [0.2, 0.25) is 0 Å². The second-order valence-electron chi connectivity index (χ2n) is 5.34. The van der Waals surface area contributed by atoms with E-state index < -0.39 is 17.0 Å². The molecule has 1 aliphatic rings. The summed E-state index contributed by atoms with van der Waals surface area (Å²) < 4.78 is 19.6. The average Bonchev–Trinajstić information content (AvgIpc) is 3.12. The molecule has 1 aliphatic heterocycles. The maximum absolute atomic E-state index is 13.8. The predicted molar refractivity (Wildman–Crippen MR) is 92.9 cm³/mol. The third-order valence-corrected chi connectivity index (χ3v) is 4.48. The minimum Gasteiger partial charge on any atom is -0.456 e. The topological polar surface area (TPSA) is 98.2 Å². The molecule has 0 atom stereocenters. The van der Waals surface area contributed by atoms with Crippen LogP contribution in [0.4, 0.5) is 14.9 Å². The molecule has 0 spiro atoms. The molecule has 3 N–H and O–H groups in total. The molecule has 0 unspecified atom stereocenters. The molecule has 1 saturated heterocycles. The first-order valence-electron chi connectivity index (χ1n) is 7.19. The van der Waals surface area contributed by atoms with E-state index in [9.17, 15) is 14.0 Å².